The number of rotatable bonds is 6. The summed E-state index contributed by atoms with van der Waals surface area (Å²) >= 11 is 5.57. The van der Waals surface area contributed by atoms with Crippen LogP contribution >= 0.6 is 11.6 Å². The molecule has 2 amide bonds. The molecule has 0 aliphatic carbocycles. The molecule has 2 aromatic carbocycles. The third kappa shape index (κ3) is 6.49. The van der Waals surface area contributed by atoms with Crippen LogP contribution in [0.25, 0.3) is 0 Å². The van der Waals surface area contributed by atoms with E-state index < -0.39 is 47.9 Å². The van der Waals surface area contributed by atoms with E-state index in [2.05, 4.69) is 5.32 Å². The second-order valence-electron chi connectivity index (χ2n) is 5.90. The van der Waals surface area contributed by atoms with Crippen LogP contribution in [0.15, 0.2) is 48.5 Å². The first kappa shape index (κ1) is 22.2. The molecule has 0 bridgehead atoms. The molecular formula is C19H16ClF3N2O4. The molecule has 2 aromatic rings. The highest BCUT2D eigenvalue weighted by atomic mass is 35.5. The smallest absolute Gasteiger partial charge is 0.418 e. The van der Waals surface area contributed by atoms with Crippen molar-refractivity contribution in [2.24, 2.45) is 0 Å². The minimum Gasteiger partial charge on any atom is -0.454 e. The molecule has 0 aliphatic heterocycles. The number of amides is 2. The molecule has 0 fully saturated rings. The minimum absolute atomic E-state index is 0.148. The number of nitrogens with one attached hydrogen (secondary N) is 2. The van der Waals surface area contributed by atoms with Crippen LogP contribution in [0.2, 0.25) is 5.02 Å². The summed E-state index contributed by atoms with van der Waals surface area (Å²) in [7, 11) is 0. The molecule has 0 unspecified atom stereocenters. The lowest BCUT2D eigenvalue weighted by Gasteiger charge is -2.15. The molecule has 2 rings (SSSR count). The van der Waals surface area contributed by atoms with Gasteiger partial charge in [0.05, 0.1) is 11.3 Å². The van der Waals surface area contributed by atoms with E-state index in [-0.39, 0.29) is 5.02 Å². The van der Waals surface area contributed by atoms with Crippen molar-refractivity contribution >= 4 is 35.1 Å². The van der Waals surface area contributed by atoms with Gasteiger partial charge < -0.3 is 15.4 Å². The van der Waals surface area contributed by atoms with Crippen molar-refractivity contribution in [2.75, 3.05) is 11.9 Å². The summed E-state index contributed by atoms with van der Waals surface area (Å²) in [6.07, 6.45) is -4.74. The van der Waals surface area contributed by atoms with Gasteiger partial charge in [0.2, 0.25) is 0 Å². The Bertz CT molecular complexity index is 904. The number of halogens is 4. The number of benzene rings is 2. The summed E-state index contributed by atoms with van der Waals surface area (Å²) in [6.45, 7) is 0.520. The number of carbonyl (C=O) groups is 3. The lowest BCUT2D eigenvalue weighted by atomic mass is 10.1. The van der Waals surface area contributed by atoms with Crippen molar-refractivity contribution in [3.8, 4) is 0 Å². The summed E-state index contributed by atoms with van der Waals surface area (Å²) in [5, 5.41) is 4.27. The number of anilines is 1. The van der Waals surface area contributed by atoms with Gasteiger partial charge in [0, 0.05) is 10.6 Å². The van der Waals surface area contributed by atoms with Gasteiger partial charge in [-0.1, -0.05) is 29.8 Å². The van der Waals surface area contributed by atoms with Gasteiger partial charge in [-0.25, -0.2) is 4.79 Å². The molecule has 0 aromatic heterocycles. The van der Waals surface area contributed by atoms with Crippen LogP contribution in [0.4, 0.5) is 18.9 Å². The standard InChI is InChI=1S/C19H16ClF3N2O4/c1-11(24-17(27)12-5-3-2-4-6-12)18(28)29-10-16(26)25-15-8-7-13(20)9-14(15)19(21,22)23/h2-9,11H,10H2,1H3,(H,24,27)(H,25,26)/t11-/m0/s1. The molecule has 0 heterocycles. The zero-order valence-corrected chi connectivity index (χ0v) is 15.8. The van der Waals surface area contributed by atoms with Crippen molar-refractivity contribution in [1.82, 2.24) is 5.32 Å². The molecule has 6 nitrogen and oxygen atoms in total. The van der Waals surface area contributed by atoms with Gasteiger partial charge in [0.25, 0.3) is 11.8 Å². The lowest BCUT2D eigenvalue weighted by molar-refractivity contribution is -0.148. The van der Waals surface area contributed by atoms with E-state index >= 15 is 0 Å². The Labute approximate surface area is 169 Å². The predicted octanol–water partition coefficient (Wildman–Crippen LogP) is 3.66. The first-order valence-electron chi connectivity index (χ1n) is 8.27. The maximum Gasteiger partial charge on any atom is 0.418 e. The van der Waals surface area contributed by atoms with Gasteiger partial charge >= 0.3 is 12.1 Å². The van der Waals surface area contributed by atoms with E-state index in [0.29, 0.717) is 11.6 Å². The van der Waals surface area contributed by atoms with E-state index in [1.54, 1.807) is 30.3 Å². The Balaban J connectivity index is 1.91. The number of ether oxygens (including phenoxy) is 1. The van der Waals surface area contributed by atoms with Crippen LogP contribution in [0.1, 0.15) is 22.8 Å². The molecule has 154 valence electrons. The lowest BCUT2D eigenvalue weighted by Crippen LogP contribution is -2.40. The van der Waals surface area contributed by atoms with Crippen molar-refractivity contribution in [1.29, 1.82) is 0 Å². The number of carbonyl (C=O) groups excluding carboxylic acids is 3. The van der Waals surface area contributed by atoms with Gasteiger partial charge in [-0.15, -0.1) is 0 Å². The topological polar surface area (TPSA) is 84.5 Å². The molecule has 0 radical (unpaired) electrons. The molecule has 29 heavy (non-hydrogen) atoms. The van der Waals surface area contributed by atoms with E-state index in [1.807, 2.05) is 5.32 Å². The van der Waals surface area contributed by atoms with Gasteiger partial charge in [-0.05, 0) is 37.3 Å². The highest BCUT2D eigenvalue weighted by Crippen LogP contribution is 2.36. The molecule has 1 atom stereocenters. The van der Waals surface area contributed by atoms with Crippen LogP contribution in [-0.2, 0) is 20.5 Å². The Morgan fingerprint density at radius 1 is 1.10 bits per heavy atom. The highest BCUT2D eigenvalue weighted by Gasteiger charge is 2.34. The Morgan fingerprint density at radius 3 is 2.38 bits per heavy atom. The summed E-state index contributed by atoms with van der Waals surface area (Å²) in [6, 6.07) is 9.88. The van der Waals surface area contributed by atoms with Gasteiger partial charge in [0.1, 0.15) is 6.04 Å². The quantitative estimate of drug-likeness (QED) is 0.688. The fourth-order valence-corrected chi connectivity index (χ4v) is 2.41. The number of hydrogen-bond acceptors (Lipinski definition) is 4. The van der Waals surface area contributed by atoms with E-state index in [9.17, 15) is 27.6 Å². The summed E-state index contributed by atoms with van der Waals surface area (Å²) in [4.78, 5) is 35.8. The highest BCUT2D eigenvalue weighted by molar-refractivity contribution is 6.30. The largest absolute Gasteiger partial charge is 0.454 e. The Hall–Kier alpha value is -3.07. The average molecular weight is 429 g/mol. The number of hydrogen-bond donors (Lipinski definition) is 2. The van der Waals surface area contributed by atoms with Crippen LogP contribution in [0.5, 0.6) is 0 Å². The third-order valence-electron chi connectivity index (χ3n) is 3.64. The maximum absolute atomic E-state index is 13.0. The van der Waals surface area contributed by atoms with Crippen molar-refractivity contribution in [2.45, 2.75) is 19.1 Å². The molecule has 0 saturated heterocycles. The van der Waals surface area contributed by atoms with Crippen LogP contribution in [0, 0.1) is 0 Å². The fraction of sp³-hybridized carbons (Fsp3) is 0.211. The maximum atomic E-state index is 13.0. The first-order chi connectivity index (χ1) is 13.6. The zero-order chi connectivity index (χ0) is 21.6. The number of esters is 1. The van der Waals surface area contributed by atoms with Crippen molar-refractivity contribution in [3.63, 3.8) is 0 Å². The van der Waals surface area contributed by atoms with E-state index in [0.717, 1.165) is 6.07 Å². The summed E-state index contributed by atoms with van der Waals surface area (Å²) < 4.78 is 43.8. The van der Waals surface area contributed by atoms with Crippen LogP contribution in [-0.4, -0.2) is 30.4 Å². The van der Waals surface area contributed by atoms with Gasteiger partial charge in [-0.2, -0.15) is 13.2 Å². The normalized spacial score (nSPS) is 12.0. The average Bonchev–Trinajstić information content (AvgIpc) is 2.67. The zero-order valence-electron chi connectivity index (χ0n) is 15.0. The van der Waals surface area contributed by atoms with E-state index in [1.165, 1.54) is 13.0 Å². The van der Waals surface area contributed by atoms with Gasteiger partial charge in [0.15, 0.2) is 6.61 Å². The molecule has 10 heteroatoms. The molecule has 0 saturated carbocycles. The second kappa shape index (κ2) is 9.42. The fourth-order valence-electron chi connectivity index (χ4n) is 2.24. The predicted molar refractivity (Wildman–Crippen MR) is 99.4 cm³/mol. The Kier molecular flexibility index (Phi) is 7.22. The monoisotopic (exact) mass is 428 g/mol. The molecule has 0 aliphatic rings. The van der Waals surface area contributed by atoms with Crippen molar-refractivity contribution in [3.05, 3.63) is 64.7 Å². The second-order valence-corrected chi connectivity index (χ2v) is 6.34. The number of alkyl halides is 3. The van der Waals surface area contributed by atoms with E-state index in [4.69, 9.17) is 16.3 Å². The molecule has 2 N–H and O–H groups in total. The third-order valence-corrected chi connectivity index (χ3v) is 3.88. The first-order valence-corrected chi connectivity index (χ1v) is 8.65. The minimum atomic E-state index is -4.74. The summed E-state index contributed by atoms with van der Waals surface area (Å²) in [5.74, 6) is -2.42. The Morgan fingerprint density at radius 2 is 1.76 bits per heavy atom. The van der Waals surface area contributed by atoms with Gasteiger partial charge in [-0.3, -0.25) is 9.59 Å². The van der Waals surface area contributed by atoms with Crippen molar-refractivity contribution < 1.29 is 32.3 Å². The molecule has 0 spiro atoms. The van der Waals surface area contributed by atoms with Crippen LogP contribution in [0.3, 0.4) is 0 Å². The summed E-state index contributed by atoms with van der Waals surface area (Å²) in [5.41, 5.74) is -1.33. The molecular weight excluding hydrogens is 413 g/mol. The SMILES string of the molecule is C[C@H](NC(=O)c1ccccc1)C(=O)OCC(=O)Nc1ccc(Cl)cc1C(F)(F)F. The van der Waals surface area contributed by atoms with Crippen LogP contribution < -0.4 is 10.6 Å².